The van der Waals surface area contributed by atoms with E-state index >= 15 is 0 Å². The molecule has 1 fully saturated rings. The molecule has 0 bridgehead atoms. The van der Waals surface area contributed by atoms with Gasteiger partial charge in [-0.3, -0.25) is 4.99 Å². The van der Waals surface area contributed by atoms with E-state index in [2.05, 4.69) is 15.0 Å². The van der Waals surface area contributed by atoms with E-state index in [1.54, 1.807) is 12.1 Å². The zero-order valence-corrected chi connectivity index (χ0v) is 14.1. The van der Waals surface area contributed by atoms with Gasteiger partial charge in [0.2, 0.25) is 0 Å². The van der Waals surface area contributed by atoms with E-state index < -0.39 is 12.2 Å². The monoisotopic (exact) mass is 341 g/mol. The minimum atomic E-state index is -2.82. The van der Waals surface area contributed by atoms with Crippen LogP contribution < -0.4 is 10.1 Å². The Morgan fingerprint density at radius 3 is 2.54 bits per heavy atom. The highest BCUT2D eigenvalue weighted by Gasteiger charge is 2.34. The van der Waals surface area contributed by atoms with Gasteiger partial charge in [-0.1, -0.05) is 12.1 Å². The number of rotatable bonds is 7. The van der Waals surface area contributed by atoms with Crippen molar-refractivity contribution in [2.24, 2.45) is 4.99 Å². The molecule has 1 aliphatic rings. The van der Waals surface area contributed by atoms with E-state index in [1.807, 2.05) is 18.9 Å². The van der Waals surface area contributed by atoms with Gasteiger partial charge < -0.3 is 20.1 Å². The molecule has 0 heterocycles. The van der Waals surface area contributed by atoms with Crippen LogP contribution in [0.15, 0.2) is 29.3 Å². The Labute approximate surface area is 141 Å². The Bertz CT molecular complexity index is 545. The quantitative estimate of drug-likeness (QED) is 0.591. The lowest BCUT2D eigenvalue weighted by Gasteiger charge is -2.35. The maximum atomic E-state index is 12.2. The number of aliphatic hydroxyl groups is 1. The van der Waals surface area contributed by atoms with Crippen LogP contribution in [0.3, 0.4) is 0 Å². The standard InChI is InChI=1S/C17H25F2N3O2/c1-3-20-16(21-12-17(23)9-4-10-17)22(2)11-13-5-7-14(8-6-13)24-15(18)19/h5-8,15,23H,3-4,9-12H2,1-2H3,(H,20,21). The largest absolute Gasteiger partial charge is 0.435 e. The third-order valence-corrected chi connectivity index (χ3v) is 4.07. The number of hydrogen-bond acceptors (Lipinski definition) is 3. The second-order valence-corrected chi connectivity index (χ2v) is 6.13. The summed E-state index contributed by atoms with van der Waals surface area (Å²) in [6, 6.07) is 6.54. The summed E-state index contributed by atoms with van der Waals surface area (Å²) in [6.45, 7) is 0.851. The first-order chi connectivity index (χ1) is 11.4. The van der Waals surface area contributed by atoms with Gasteiger partial charge >= 0.3 is 6.61 Å². The second-order valence-electron chi connectivity index (χ2n) is 6.13. The lowest BCUT2D eigenvalue weighted by atomic mass is 9.80. The average Bonchev–Trinajstić information content (AvgIpc) is 2.51. The third kappa shape index (κ3) is 5.33. The van der Waals surface area contributed by atoms with Crippen molar-refractivity contribution < 1.29 is 18.6 Å². The van der Waals surface area contributed by atoms with Crippen molar-refractivity contribution in [1.82, 2.24) is 10.2 Å². The first kappa shape index (κ1) is 18.4. The zero-order valence-electron chi connectivity index (χ0n) is 14.1. The van der Waals surface area contributed by atoms with Crippen LogP contribution in [0.1, 0.15) is 31.7 Å². The number of ether oxygens (including phenoxy) is 1. The zero-order chi connectivity index (χ0) is 17.6. The van der Waals surface area contributed by atoms with Crippen LogP contribution in [0, 0.1) is 0 Å². The first-order valence-electron chi connectivity index (χ1n) is 8.17. The Morgan fingerprint density at radius 1 is 1.38 bits per heavy atom. The number of hydrogen-bond donors (Lipinski definition) is 2. The van der Waals surface area contributed by atoms with Crippen molar-refractivity contribution in [3.63, 3.8) is 0 Å². The molecule has 134 valence electrons. The maximum Gasteiger partial charge on any atom is 0.387 e. The molecular formula is C17H25F2N3O2. The summed E-state index contributed by atoms with van der Waals surface area (Å²) in [5.41, 5.74) is 0.294. The fourth-order valence-electron chi connectivity index (χ4n) is 2.56. The number of guanidine groups is 1. The van der Waals surface area contributed by atoms with Crippen molar-refractivity contribution in [3.8, 4) is 5.75 Å². The van der Waals surface area contributed by atoms with Crippen LogP contribution in [0.25, 0.3) is 0 Å². The van der Waals surface area contributed by atoms with Crippen LogP contribution >= 0.6 is 0 Å². The van der Waals surface area contributed by atoms with Gasteiger partial charge in [0.15, 0.2) is 5.96 Å². The molecule has 2 N–H and O–H groups in total. The van der Waals surface area contributed by atoms with E-state index in [1.165, 1.54) is 12.1 Å². The Kier molecular flexibility index (Phi) is 6.36. The van der Waals surface area contributed by atoms with Crippen LogP contribution in [0.4, 0.5) is 8.78 Å². The Balaban J connectivity index is 1.96. The molecule has 2 rings (SSSR count). The molecule has 24 heavy (non-hydrogen) atoms. The highest BCUT2D eigenvalue weighted by Crippen LogP contribution is 2.31. The van der Waals surface area contributed by atoms with Gasteiger partial charge in [-0.05, 0) is 43.9 Å². The molecule has 0 aromatic heterocycles. The number of aliphatic imine (C=N–C) groups is 1. The molecule has 0 aliphatic heterocycles. The van der Waals surface area contributed by atoms with Crippen LogP contribution in [0.5, 0.6) is 5.75 Å². The minimum absolute atomic E-state index is 0.143. The number of benzene rings is 1. The van der Waals surface area contributed by atoms with Gasteiger partial charge in [0, 0.05) is 20.1 Å². The summed E-state index contributed by atoms with van der Waals surface area (Å²) >= 11 is 0. The smallest absolute Gasteiger partial charge is 0.387 e. The van der Waals surface area contributed by atoms with Gasteiger partial charge in [0.1, 0.15) is 5.75 Å². The molecule has 0 amide bonds. The van der Waals surface area contributed by atoms with Crippen molar-refractivity contribution in [2.75, 3.05) is 20.1 Å². The van der Waals surface area contributed by atoms with E-state index in [-0.39, 0.29) is 5.75 Å². The van der Waals surface area contributed by atoms with Gasteiger partial charge in [-0.2, -0.15) is 8.78 Å². The molecule has 0 atom stereocenters. The normalized spacial score (nSPS) is 16.7. The van der Waals surface area contributed by atoms with Gasteiger partial charge in [-0.15, -0.1) is 0 Å². The number of nitrogens with one attached hydrogen (secondary N) is 1. The topological polar surface area (TPSA) is 57.1 Å². The molecule has 0 unspecified atom stereocenters. The number of halogens is 2. The van der Waals surface area contributed by atoms with Crippen LogP contribution in [-0.4, -0.2) is 48.3 Å². The molecule has 1 aliphatic carbocycles. The second kappa shape index (κ2) is 8.28. The third-order valence-electron chi connectivity index (χ3n) is 4.07. The highest BCUT2D eigenvalue weighted by molar-refractivity contribution is 5.79. The van der Waals surface area contributed by atoms with Gasteiger partial charge in [-0.25, -0.2) is 0 Å². The highest BCUT2D eigenvalue weighted by atomic mass is 19.3. The minimum Gasteiger partial charge on any atom is -0.435 e. The average molecular weight is 341 g/mol. The van der Waals surface area contributed by atoms with E-state index in [9.17, 15) is 13.9 Å². The predicted molar refractivity (Wildman–Crippen MR) is 89.3 cm³/mol. The van der Waals surface area contributed by atoms with Crippen LogP contribution in [0.2, 0.25) is 0 Å². The molecule has 0 saturated heterocycles. The number of alkyl halides is 2. The van der Waals surface area contributed by atoms with E-state index in [4.69, 9.17) is 0 Å². The van der Waals surface area contributed by atoms with E-state index in [0.29, 0.717) is 19.0 Å². The molecule has 1 aromatic rings. The maximum absolute atomic E-state index is 12.2. The lowest BCUT2D eigenvalue weighted by Crippen LogP contribution is -2.43. The SMILES string of the molecule is CCNC(=NCC1(O)CCC1)N(C)Cc1ccc(OC(F)F)cc1. The summed E-state index contributed by atoms with van der Waals surface area (Å²) in [7, 11) is 1.90. The molecule has 0 radical (unpaired) electrons. The summed E-state index contributed by atoms with van der Waals surface area (Å²) in [5.74, 6) is 0.856. The molecule has 1 saturated carbocycles. The summed E-state index contributed by atoms with van der Waals surface area (Å²) in [4.78, 5) is 6.46. The predicted octanol–water partition coefficient (Wildman–Crippen LogP) is 2.60. The van der Waals surface area contributed by atoms with Crippen molar-refractivity contribution in [2.45, 2.75) is 44.9 Å². The van der Waals surface area contributed by atoms with Crippen molar-refractivity contribution >= 4 is 5.96 Å². The summed E-state index contributed by atoms with van der Waals surface area (Å²) < 4.78 is 28.7. The lowest BCUT2D eigenvalue weighted by molar-refractivity contribution is -0.0498. The van der Waals surface area contributed by atoms with Crippen molar-refractivity contribution in [1.29, 1.82) is 0 Å². The van der Waals surface area contributed by atoms with Gasteiger partial charge in [0.25, 0.3) is 0 Å². The first-order valence-corrected chi connectivity index (χ1v) is 8.17. The summed E-state index contributed by atoms with van der Waals surface area (Å²) in [5, 5.41) is 13.4. The number of nitrogens with zero attached hydrogens (tertiary/aromatic N) is 2. The molecule has 7 heteroatoms. The fraction of sp³-hybridized carbons (Fsp3) is 0.588. The van der Waals surface area contributed by atoms with Crippen molar-refractivity contribution in [3.05, 3.63) is 29.8 Å². The van der Waals surface area contributed by atoms with Gasteiger partial charge in [0.05, 0.1) is 12.1 Å². The Morgan fingerprint density at radius 2 is 2.04 bits per heavy atom. The Hall–Kier alpha value is -1.89. The molecular weight excluding hydrogens is 316 g/mol. The molecule has 0 spiro atoms. The molecule has 1 aromatic carbocycles. The molecule has 5 nitrogen and oxygen atoms in total. The fourth-order valence-corrected chi connectivity index (χ4v) is 2.56. The summed E-state index contributed by atoms with van der Waals surface area (Å²) in [6.07, 6.45) is 2.64. The van der Waals surface area contributed by atoms with E-state index in [0.717, 1.165) is 31.4 Å². The van der Waals surface area contributed by atoms with Crippen LogP contribution in [-0.2, 0) is 6.54 Å².